The first-order valence-electron chi connectivity index (χ1n) is 9.86. The minimum absolute atomic E-state index is 0.252. The molecule has 1 aliphatic carbocycles. The van der Waals surface area contributed by atoms with Crippen molar-refractivity contribution in [1.82, 2.24) is 0 Å². The van der Waals surface area contributed by atoms with Gasteiger partial charge in [0.2, 0.25) is 0 Å². The van der Waals surface area contributed by atoms with Crippen LogP contribution < -0.4 is 0 Å². The van der Waals surface area contributed by atoms with Gasteiger partial charge >= 0.3 is 0 Å². The Morgan fingerprint density at radius 3 is 1.88 bits per heavy atom. The summed E-state index contributed by atoms with van der Waals surface area (Å²) in [5.74, 6) is 0. The largest absolute Gasteiger partial charge is 0.378 e. The molecule has 2 unspecified atom stereocenters. The monoisotopic (exact) mass is 360 g/mol. The van der Waals surface area contributed by atoms with Crippen LogP contribution in [0.3, 0.4) is 0 Å². The lowest BCUT2D eigenvalue weighted by molar-refractivity contribution is -0.0469. The molecular formula is C22H32O4. The smallest absolute Gasteiger partial charge is 0.104 e. The van der Waals surface area contributed by atoms with Gasteiger partial charge in [-0.2, -0.15) is 0 Å². The van der Waals surface area contributed by atoms with Crippen molar-refractivity contribution in [2.75, 3.05) is 39.6 Å². The van der Waals surface area contributed by atoms with Gasteiger partial charge < -0.3 is 18.9 Å². The molecule has 1 aromatic rings. The fraction of sp³-hybridized carbons (Fsp3) is 0.636. The zero-order valence-electron chi connectivity index (χ0n) is 15.7. The van der Waals surface area contributed by atoms with Crippen LogP contribution in [0.5, 0.6) is 0 Å². The van der Waals surface area contributed by atoms with Gasteiger partial charge in [-0.15, -0.1) is 0 Å². The van der Waals surface area contributed by atoms with E-state index in [-0.39, 0.29) is 5.41 Å². The molecule has 4 heteroatoms. The Balaban J connectivity index is 0.000000206. The van der Waals surface area contributed by atoms with E-state index in [9.17, 15) is 0 Å². The maximum atomic E-state index is 5.84. The number of hydrogen-bond acceptors (Lipinski definition) is 4. The van der Waals surface area contributed by atoms with Crippen molar-refractivity contribution in [3.05, 3.63) is 42.5 Å². The molecule has 0 spiro atoms. The molecule has 0 amide bonds. The maximum absolute atomic E-state index is 5.84. The van der Waals surface area contributed by atoms with Gasteiger partial charge in [0.05, 0.1) is 39.6 Å². The molecule has 1 saturated carbocycles. The summed E-state index contributed by atoms with van der Waals surface area (Å²) in [5.41, 5.74) is 1.43. The molecular weight excluding hydrogens is 328 g/mol. The molecule has 144 valence electrons. The standard InChI is InChI=1S/C14H24O4.C8H8/c1-2-4-14(5-3-1,10-15-6-12-8-17-12)11-16-7-13-9-18-13;1-2-8-6-4-3-5-7-8/h12-13H,1-11H2;2-7H,1H2. The first-order chi connectivity index (χ1) is 12.8. The fourth-order valence-corrected chi connectivity index (χ4v) is 3.36. The third-order valence-electron chi connectivity index (χ3n) is 5.18. The molecule has 0 radical (unpaired) electrons. The fourth-order valence-electron chi connectivity index (χ4n) is 3.36. The quantitative estimate of drug-likeness (QED) is 0.622. The van der Waals surface area contributed by atoms with E-state index >= 15 is 0 Å². The van der Waals surface area contributed by atoms with E-state index < -0.39 is 0 Å². The van der Waals surface area contributed by atoms with Crippen LogP contribution in [0, 0.1) is 5.41 Å². The second kappa shape index (κ2) is 10.2. The van der Waals surface area contributed by atoms with Gasteiger partial charge in [0.25, 0.3) is 0 Å². The molecule has 4 rings (SSSR count). The molecule has 2 saturated heterocycles. The molecule has 26 heavy (non-hydrogen) atoms. The van der Waals surface area contributed by atoms with Crippen molar-refractivity contribution < 1.29 is 18.9 Å². The van der Waals surface area contributed by atoms with E-state index in [0.29, 0.717) is 12.2 Å². The van der Waals surface area contributed by atoms with Crippen molar-refractivity contribution in [1.29, 1.82) is 0 Å². The van der Waals surface area contributed by atoms with Gasteiger partial charge in [0.1, 0.15) is 12.2 Å². The van der Waals surface area contributed by atoms with E-state index in [0.717, 1.165) is 39.6 Å². The third-order valence-corrected chi connectivity index (χ3v) is 5.18. The van der Waals surface area contributed by atoms with Crippen LogP contribution in [0.2, 0.25) is 0 Å². The highest BCUT2D eigenvalue weighted by Gasteiger charge is 2.34. The number of benzene rings is 1. The van der Waals surface area contributed by atoms with Crippen LogP contribution in [0.4, 0.5) is 0 Å². The molecule has 0 N–H and O–H groups in total. The average Bonchev–Trinajstić information content (AvgIpc) is 3.59. The van der Waals surface area contributed by atoms with Crippen LogP contribution in [-0.2, 0) is 18.9 Å². The zero-order chi connectivity index (χ0) is 18.1. The lowest BCUT2D eigenvalue weighted by Gasteiger charge is -2.36. The normalized spacial score (nSPS) is 25.7. The highest BCUT2D eigenvalue weighted by molar-refractivity contribution is 5.45. The zero-order valence-corrected chi connectivity index (χ0v) is 15.7. The summed E-state index contributed by atoms with van der Waals surface area (Å²) in [6.45, 7) is 8.56. The van der Waals surface area contributed by atoms with E-state index in [4.69, 9.17) is 18.9 Å². The Hall–Kier alpha value is -1.20. The number of ether oxygens (including phenoxy) is 4. The average molecular weight is 360 g/mol. The summed E-state index contributed by atoms with van der Waals surface area (Å²) in [6, 6.07) is 10.0. The lowest BCUT2D eigenvalue weighted by Crippen LogP contribution is -2.35. The summed E-state index contributed by atoms with van der Waals surface area (Å²) in [7, 11) is 0. The van der Waals surface area contributed by atoms with Crippen molar-refractivity contribution in [2.24, 2.45) is 5.41 Å². The van der Waals surface area contributed by atoms with Gasteiger partial charge in [-0.25, -0.2) is 0 Å². The van der Waals surface area contributed by atoms with Crippen LogP contribution >= 0.6 is 0 Å². The molecule has 2 heterocycles. The summed E-state index contributed by atoms with van der Waals surface area (Å²) < 4.78 is 22.0. The Morgan fingerprint density at radius 2 is 1.46 bits per heavy atom. The molecule has 1 aromatic carbocycles. The minimum Gasteiger partial charge on any atom is -0.378 e. The van der Waals surface area contributed by atoms with Gasteiger partial charge in [-0.05, 0) is 18.4 Å². The second-order valence-electron chi connectivity index (χ2n) is 7.62. The number of rotatable bonds is 9. The molecule has 2 aliphatic heterocycles. The van der Waals surface area contributed by atoms with Crippen LogP contribution in [-0.4, -0.2) is 51.8 Å². The molecule has 3 fully saturated rings. The second-order valence-corrected chi connectivity index (χ2v) is 7.62. The Labute approximate surface area is 157 Å². The summed E-state index contributed by atoms with van der Waals surface area (Å²) >= 11 is 0. The summed E-state index contributed by atoms with van der Waals surface area (Å²) in [4.78, 5) is 0. The van der Waals surface area contributed by atoms with Crippen molar-refractivity contribution in [2.45, 2.75) is 44.3 Å². The molecule has 2 atom stereocenters. The summed E-state index contributed by atoms with van der Waals surface area (Å²) in [6.07, 6.45) is 9.03. The first-order valence-corrected chi connectivity index (χ1v) is 9.86. The minimum atomic E-state index is 0.252. The highest BCUT2D eigenvalue weighted by Crippen LogP contribution is 2.37. The molecule has 0 aromatic heterocycles. The molecule has 4 nitrogen and oxygen atoms in total. The van der Waals surface area contributed by atoms with Gasteiger partial charge in [-0.1, -0.05) is 62.2 Å². The predicted molar refractivity (Wildman–Crippen MR) is 103 cm³/mol. The van der Waals surface area contributed by atoms with Crippen LogP contribution in [0.1, 0.15) is 37.7 Å². The third kappa shape index (κ3) is 7.20. The van der Waals surface area contributed by atoms with Crippen LogP contribution in [0.25, 0.3) is 6.08 Å². The van der Waals surface area contributed by atoms with E-state index in [1.54, 1.807) is 0 Å². The Bertz CT molecular complexity index is 496. The van der Waals surface area contributed by atoms with Crippen molar-refractivity contribution >= 4 is 6.08 Å². The maximum Gasteiger partial charge on any atom is 0.104 e. The predicted octanol–water partition coefficient (Wildman–Crippen LogP) is 4.10. The van der Waals surface area contributed by atoms with E-state index in [1.807, 2.05) is 36.4 Å². The lowest BCUT2D eigenvalue weighted by atomic mass is 9.75. The van der Waals surface area contributed by atoms with Crippen LogP contribution in [0.15, 0.2) is 36.9 Å². The van der Waals surface area contributed by atoms with Gasteiger partial charge in [0, 0.05) is 5.41 Å². The van der Waals surface area contributed by atoms with Crippen molar-refractivity contribution in [3.8, 4) is 0 Å². The van der Waals surface area contributed by atoms with E-state index in [1.165, 1.54) is 37.7 Å². The summed E-state index contributed by atoms with van der Waals surface area (Å²) in [5, 5.41) is 0. The number of hydrogen-bond donors (Lipinski definition) is 0. The van der Waals surface area contributed by atoms with Gasteiger partial charge in [0.15, 0.2) is 0 Å². The molecule has 0 bridgehead atoms. The Morgan fingerprint density at radius 1 is 0.923 bits per heavy atom. The molecule has 3 aliphatic rings. The Kier molecular flexibility index (Phi) is 7.69. The first kappa shape index (κ1) is 19.6. The number of epoxide rings is 2. The SMILES string of the molecule is C1CCC(COCC2CO2)(COCC2CO2)CC1.C=Cc1ccccc1. The van der Waals surface area contributed by atoms with E-state index in [2.05, 4.69) is 6.58 Å². The topological polar surface area (TPSA) is 43.5 Å². The van der Waals surface area contributed by atoms with Crippen molar-refractivity contribution in [3.63, 3.8) is 0 Å². The highest BCUT2D eigenvalue weighted by atomic mass is 16.6. The van der Waals surface area contributed by atoms with Gasteiger partial charge in [-0.3, -0.25) is 0 Å².